The summed E-state index contributed by atoms with van der Waals surface area (Å²) in [4.78, 5) is 44.0. The van der Waals surface area contributed by atoms with Gasteiger partial charge in [-0.05, 0) is 72.1 Å². The number of halogens is 1. The summed E-state index contributed by atoms with van der Waals surface area (Å²) in [6, 6.07) is 3.94. The highest BCUT2D eigenvalue weighted by atomic mass is 32.1. The minimum Gasteiger partial charge on any atom is -0.496 e. The monoisotopic (exact) mass is 670 g/mol. The number of methoxy groups -OCH3 is 1. The van der Waals surface area contributed by atoms with Gasteiger partial charge in [0, 0.05) is 23.8 Å². The highest BCUT2D eigenvalue weighted by molar-refractivity contribution is 7.21. The van der Waals surface area contributed by atoms with Crippen LogP contribution < -0.4 is 21.3 Å². The number of fused-ring (bicyclic) bond motifs is 1. The number of carbonyl (C=O) groups is 1. The van der Waals surface area contributed by atoms with Crippen molar-refractivity contribution in [2.75, 3.05) is 13.7 Å². The molecular formula is C33H43FN6O6S. The zero-order valence-electron chi connectivity index (χ0n) is 27.9. The van der Waals surface area contributed by atoms with Crippen molar-refractivity contribution in [1.29, 1.82) is 0 Å². The fraction of sp³-hybridized carbons (Fsp3) is 0.545. The van der Waals surface area contributed by atoms with Crippen LogP contribution in [0.4, 0.5) is 4.39 Å². The van der Waals surface area contributed by atoms with Crippen LogP contribution >= 0.6 is 11.3 Å². The largest absolute Gasteiger partial charge is 0.496 e. The van der Waals surface area contributed by atoms with Crippen LogP contribution in [-0.4, -0.2) is 62.0 Å². The van der Waals surface area contributed by atoms with Gasteiger partial charge in [-0.25, -0.2) is 13.8 Å². The summed E-state index contributed by atoms with van der Waals surface area (Å²) in [5, 5.41) is 12.1. The van der Waals surface area contributed by atoms with E-state index >= 15 is 0 Å². The second-order valence-corrected chi connectivity index (χ2v) is 13.7. The number of amides is 1. The second-order valence-electron chi connectivity index (χ2n) is 12.7. The van der Waals surface area contributed by atoms with Gasteiger partial charge in [0.15, 0.2) is 0 Å². The van der Waals surface area contributed by atoms with E-state index in [0.717, 1.165) is 17.4 Å². The minimum atomic E-state index is -1.56. The maximum Gasteiger partial charge on any atom is 0.333 e. The molecule has 14 heteroatoms. The Bertz CT molecular complexity index is 1840. The normalized spacial score (nSPS) is 17.2. The van der Waals surface area contributed by atoms with Crippen molar-refractivity contribution in [3.8, 4) is 10.8 Å². The minimum absolute atomic E-state index is 0.0577. The molecule has 1 saturated carbocycles. The van der Waals surface area contributed by atoms with Gasteiger partial charge in [-0.1, -0.05) is 24.7 Å². The van der Waals surface area contributed by atoms with Gasteiger partial charge in [0.1, 0.15) is 33.0 Å². The number of carbonyl (C=O) groups excluding carboxylic acids is 1. The van der Waals surface area contributed by atoms with Crippen LogP contribution in [0.1, 0.15) is 77.5 Å². The van der Waals surface area contributed by atoms with Crippen molar-refractivity contribution in [3.05, 3.63) is 68.4 Å². The van der Waals surface area contributed by atoms with Crippen molar-refractivity contribution in [2.24, 2.45) is 0 Å². The molecule has 3 aromatic heterocycles. The molecule has 1 aliphatic carbocycles. The molecule has 1 atom stereocenters. The molecular weight excluding hydrogens is 627 g/mol. The molecule has 4 aromatic rings. The van der Waals surface area contributed by atoms with E-state index in [2.05, 4.69) is 22.4 Å². The second kappa shape index (κ2) is 14.1. The third-order valence-corrected chi connectivity index (χ3v) is 9.75. The van der Waals surface area contributed by atoms with Crippen LogP contribution in [0, 0.1) is 12.7 Å². The summed E-state index contributed by atoms with van der Waals surface area (Å²) in [5.74, 6) is -0.580. The van der Waals surface area contributed by atoms with E-state index in [1.165, 1.54) is 72.3 Å². The number of benzene rings is 1. The number of hydrogen-bond donors (Lipinski definition) is 1. The maximum atomic E-state index is 14.8. The predicted octanol–water partition coefficient (Wildman–Crippen LogP) is 4.63. The number of rotatable bonds is 14. The molecule has 0 unspecified atom stereocenters. The number of nitrogens with zero attached hydrogens (tertiary/aromatic N) is 5. The molecule has 0 aliphatic heterocycles. The van der Waals surface area contributed by atoms with Gasteiger partial charge in [-0.3, -0.25) is 14.2 Å². The number of ether oxygens (including phenoxy) is 3. The van der Waals surface area contributed by atoms with E-state index in [-0.39, 0.29) is 30.2 Å². The maximum absolute atomic E-state index is 14.8. The van der Waals surface area contributed by atoms with Crippen LogP contribution in [0.25, 0.3) is 15.2 Å². The van der Waals surface area contributed by atoms with E-state index in [0.29, 0.717) is 46.2 Å². The number of hydrogen-bond acceptors (Lipinski definition) is 9. The van der Waals surface area contributed by atoms with Gasteiger partial charge in [0.25, 0.3) is 5.56 Å². The number of unbranched alkanes of at least 4 members (excludes halogenated alkanes) is 1. The zero-order valence-corrected chi connectivity index (χ0v) is 28.7. The molecule has 1 aliphatic rings. The van der Waals surface area contributed by atoms with E-state index in [1.807, 2.05) is 0 Å². The first kappa shape index (κ1) is 34.5. The van der Waals surface area contributed by atoms with Crippen molar-refractivity contribution >= 4 is 27.5 Å². The van der Waals surface area contributed by atoms with Crippen molar-refractivity contribution in [1.82, 2.24) is 29.4 Å². The number of aromatic nitrogens is 5. The predicted molar refractivity (Wildman–Crippen MR) is 177 cm³/mol. The fourth-order valence-corrected chi connectivity index (χ4v) is 6.99. The summed E-state index contributed by atoms with van der Waals surface area (Å²) in [7, 11) is 1.49. The third kappa shape index (κ3) is 6.90. The molecule has 47 heavy (non-hydrogen) atoms. The standard InChI is InChI=1S/C33H43FN6O6S/c1-8-9-14-45-22-16-23(17-22)46-26(24-15-21(34)10-11-25(24)44-7)18-38-30-27(20(4)29(47-30)40-35-12-13-36-40)28(41)39(32(38)43)33(5,6)31(42)37-19(2)3/h10-13,15,19,22-23,26H,8-9,14,16-18H2,1-7H3,(H,37,42)/t22-,23+,26-/m0/s1. The van der Waals surface area contributed by atoms with E-state index in [1.54, 1.807) is 20.8 Å². The van der Waals surface area contributed by atoms with Gasteiger partial charge >= 0.3 is 5.69 Å². The van der Waals surface area contributed by atoms with Crippen LogP contribution in [0.2, 0.25) is 0 Å². The Balaban J connectivity index is 1.67. The third-order valence-electron chi connectivity index (χ3n) is 8.47. The first-order valence-electron chi connectivity index (χ1n) is 15.9. The lowest BCUT2D eigenvalue weighted by Gasteiger charge is -2.38. The van der Waals surface area contributed by atoms with Crippen LogP contribution in [-0.2, 0) is 26.4 Å². The molecule has 254 valence electrons. The highest BCUT2D eigenvalue weighted by Crippen LogP contribution is 2.38. The zero-order chi connectivity index (χ0) is 34.0. The van der Waals surface area contributed by atoms with Gasteiger partial charge in [0.05, 0.1) is 43.6 Å². The number of nitrogens with one attached hydrogen (secondary N) is 1. The van der Waals surface area contributed by atoms with Crippen molar-refractivity contribution < 1.29 is 23.4 Å². The van der Waals surface area contributed by atoms with Crippen LogP contribution in [0.3, 0.4) is 0 Å². The van der Waals surface area contributed by atoms with Crippen molar-refractivity contribution in [2.45, 2.75) is 104 Å². The molecule has 0 saturated heterocycles. The summed E-state index contributed by atoms with van der Waals surface area (Å²) in [6.45, 7) is 11.1. The van der Waals surface area contributed by atoms with E-state index < -0.39 is 34.6 Å². The van der Waals surface area contributed by atoms with Crippen molar-refractivity contribution in [3.63, 3.8) is 0 Å². The Labute approximate surface area is 276 Å². The first-order valence-corrected chi connectivity index (χ1v) is 16.8. The van der Waals surface area contributed by atoms with Gasteiger partial charge in [-0.2, -0.15) is 10.2 Å². The lowest BCUT2D eigenvalue weighted by atomic mass is 9.91. The Hall–Kier alpha value is -3.88. The van der Waals surface area contributed by atoms with E-state index in [4.69, 9.17) is 14.2 Å². The quantitative estimate of drug-likeness (QED) is 0.192. The Morgan fingerprint density at radius 1 is 1.17 bits per heavy atom. The molecule has 1 N–H and O–H groups in total. The Morgan fingerprint density at radius 3 is 2.51 bits per heavy atom. The molecule has 12 nitrogen and oxygen atoms in total. The topological polar surface area (TPSA) is 132 Å². The molecule has 1 aromatic carbocycles. The summed E-state index contributed by atoms with van der Waals surface area (Å²) in [5.41, 5.74) is -1.90. The Kier molecular flexibility index (Phi) is 10.3. The van der Waals surface area contributed by atoms with Gasteiger partial charge < -0.3 is 19.5 Å². The van der Waals surface area contributed by atoms with Gasteiger partial charge in [-0.15, -0.1) is 4.80 Å². The van der Waals surface area contributed by atoms with Crippen LogP contribution in [0.5, 0.6) is 5.75 Å². The van der Waals surface area contributed by atoms with E-state index in [9.17, 15) is 18.8 Å². The molecule has 0 bridgehead atoms. The summed E-state index contributed by atoms with van der Waals surface area (Å²) >= 11 is 1.18. The van der Waals surface area contributed by atoms with Crippen LogP contribution in [0.15, 0.2) is 40.2 Å². The molecule has 5 rings (SSSR count). The fourth-order valence-electron chi connectivity index (χ4n) is 5.77. The molecule has 0 radical (unpaired) electrons. The molecule has 3 heterocycles. The average molecular weight is 671 g/mol. The Morgan fingerprint density at radius 2 is 1.87 bits per heavy atom. The smallest absolute Gasteiger partial charge is 0.333 e. The molecule has 0 spiro atoms. The number of thiophene rings is 1. The summed E-state index contributed by atoms with van der Waals surface area (Å²) in [6.07, 6.45) is 5.35. The lowest BCUT2D eigenvalue weighted by molar-refractivity contribution is -0.131. The number of aryl methyl sites for hydroxylation is 1. The molecule has 1 amide bonds. The lowest BCUT2D eigenvalue weighted by Crippen LogP contribution is -2.56. The first-order chi connectivity index (χ1) is 22.4. The summed E-state index contributed by atoms with van der Waals surface area (Å²) < 4.78 is 35.4. The molecule has 1 fully saturated rings. The van der Waals surface area contributed by atoms with Gasteiger partial charge in [0.2, 0.25) is 5.91 Å². The average Bonchev–Trinajstić information content (AvgIpc) is 3.64. The SMILES string of the molecule is CCCCO[C@H]1C[C@@H](O[C@@H](Cn2c(=O)n(C(C)(C)C(=O)NC(C)C)c(=O)c3c(C)c(-n4nccn4)sc32)c2cc(F)ccc2OC)C1. The highest BCUT2D eigenvalue weighted by Gasteiger charge is 2.38.